The van der Waals surface area contributed by atoms with Gasteiger partial charge >= 0.3 is 11.6 Å². The normalized spacial score (nSPS) is 10.7. The molecule has 26 heavy (non-hydrogen) atoms. The Bertz CT molecular complexity index is 976. The molecule has 0 radical (unpaired) electrons. The lowest BCUT2D eigenvalue weighted by Gasteiger charge is -2.08. The van der Waals surface area contributed by atoms with Gasteiger partial charge in [0.05, 0.1) is 12.2 Å². The summed E-state index contributed by atoms with van der Waals surface area (Å²) in [5.74, 6) is 0.387. The number of hydrogen-bond acceptors (Lipinski definition) is 6. The van der Waals surface area contributed by atoms with Gasteiger partial charge in [0.15, 0.2) is 0 Å². The van der Waals surface area contributed by atoms with Gasteiger partial charge in [-0.1, -0.05) is 13.3 Å². The summed E-state index contributed by atoms with van der Waals surface area (Å²) in [6, 6.07) is 10.0. The molecule has 6 nitrogen and oxygen atoms in total. The first-order chi connectivity index (χ1) is 12.6. The summed E-state index contributed by atoms with van der Waals surface area (Å²) < 4.78 is 15.9. The molecule has 0 saturated carbocycles. The first-order valence-electron chi connectivity index (χ1n) is 8.48. The van der Waals surface area contributed by atoms with E-state index in [1.807, 2.05) is 6.07 Å². The van der Waals surface area contributed by atoms with Crippen molar-refractivity contribution >= 4 is 16.9 Å². The number of pyridine rings is 1. The molecule has 3 aromatic rings. The zero-order chi connectivity index (χ0) is 18.5. The molecule has 6 heteroatoms. The van der Waals surface area contributed by atoms with Gasteiger partial charge in [0.1, 0.15) is 11.3 Å². The van der Waals surface area contributed by atoms with E-state index < -0.39 is 5.97 Å². The molecule has 134 valence electrons. The number of nitrogens with zero attached hydrogens (tertiary/aromatic N) is 1. The number of aryl methyl sites for hydroxylation is 1. The molecule has 0 amide bonds. The summed E-state index contributed by atoms with van der Waals surface area (Å²) in [6.07, 6.45) is 3.14. The van der Waals surface area contributed by atoms with Crippen LogP contribution in [0, 0.1) is 0 Å². The van der Waals surface area contributed by atoms with Crippen molar-refractivity contribution in [3.63, 3.8) is 0 Å². The maximum absolute atomic E-state index is 11.7. The van der Waals surface area contributed by atoms with Crippen molar-refractivity contribution in [3.8, 4) is 11.6 Å². The first kappa shape index (κ1) is 17.7. The average molecular weight is 353 g/mol. The Morgan fingerprint density at radius 2 is 2.00 bits per heavy atom. The molecule has 0 saturated heterocycles. The summed E-state index contributed by atoms with van der Waals surface area (Å²) in [4.78, 5) is 27.5. The summed E-state index contributed by atoms with van der Waals surface area (Å²) in [7, 11) is 0. The number of ether oxygens (including phenoxy) is 2. The first-order valence-corrected chi connectivity index (χ1v) is 8.48. The topological polar surface area (TPSA) is 78.6 Å². The molecule has 0 N–H and O–H groups in total. The van der Waals surface area contributed by atoms with Gasteiger partial charge in [-0.3, -0.25) is 0 Å². The van der Waals surface area contributed by atoms with Crippen molar-refractivity contribution in [3.05, 3.63) is 64.1 Å². The molecule has 0 fully saturated rings. The smallest absolute Gasteiger partial charge is 0.339 e. The minimum absolute atomic E-state index is 0.305. The summed E-state index contributed by atoms with van der Waals surface area (Å²) >= 11 is 0. The summed E-state index contributed by atoms with van der Waals surface area (Å²) in [5, 5.41) is 0.893. The van der Waals surface area contributed by atoms with Crippen LogP contribution in [0.3, 0.4) is 0 Å². The maximum Gasteiger partial charge on any atom is 0.339 e. The molecular formula is C20H19NO5. The standard InChI is InChI=1S/C20H19NO5/c1-3-5-13-10-19(22)26-17-11-15(7-8-16(13)17)25-18-9-6-14(12-21-18)20(23)24-4-2/h6-12H,3-5H2,1-2H3. The molecule has 0 bridgehead atoms. The second-order valence-corrected chi connectivity index (χ2v) is 5.71. The van der Waals surface area contributed by atoms with Gasteiger partial charge in [0, 0.05) is 29.8 Å². The fraction of sp³-hybridized carbons (Fsp3) is 0.250. The van der Waals surface area contributed by atoms with Crippen LogP contribution in [0.2, 0.25) is 0 Å². The number of carbonyl (C=O) groups excluding carboxylic acids is 1. The predicted octanol–water partition coefficient (Wildman–Crippen LogP) is 4.11. The molecule has 0 aliphatic rings. The Hall–Kier alpha value is -3.15. The second-order valence-electron chi connectivity index (χ2n) is 5.71. The Kier molecular flexibility index (Phi) is 5.31. The van der Waals surface area contributed by atoms with Crippen LogP contribution in [0.25, 0.3) is 11.0 Å². The Morgan fingerprint density at radius 1 is 1.15 bits per heavy atom. The van der Waals surface area contributed by atoms with Crippen LogP contribution in [0.5, 0.6) is 11.6 Å². The van der Waals surface area contributed by atoms with Crippen molar-refractivity contribution in [2.45, 2.75) is 26.7 Å². The number of carbonyl (C=O) groups is 1. The molecular weight excluding hydrogens is 334 g/mol. The van der Waals surface area contributed by atoms with E-state index in [4.69, 9.17) is 13.9 Å². The van der Waals surface area contributed by atoms with Crippen LogP contribution in [0.4, 0.5) is 0 Å². The van der Waals surface area contributed by atoms with E-state index in [1.54, 1.807) is 31.2 Å². The third kappa shape index (κ3) is 3.91. The monoisotopic (exact) mass is 353 g/mol. The van der Waals surface area contributed by atoms with Crippen LogP contribution in [0.15, 0.2) is 51.8 Å². The third-order valence-corrected chi connectivity index (χ3v) is 3.79. The minimum atomic E-state index is -0.428. The highest BCUT2D eigenvalue weighted by molar-refractivity contribution is 5.89. The minimum Gasteiger partial charge on any atom is -0.462 e. The van der Waals surface area contributed by atoms with Gasteiger partial charge in [-0.05, 0) is 37.1 Å². The van der Waals surface area contributed by atoms with Crippen molar-refractivity contribution in [1.29, 1.82) is 0 Å². The maximum atomic E-state index is 11.7. The molecule has 3 rings (SSSR count). The molecule has 1 aromatic carbocycles. The van der Waals surface area contributed by atoms with Crippen LogP contribution < -0.4 is 10.4 Å². The van der Waals surface area contributed by atoms with E-state index in [0.717, 1.165) is 23.8 Å². The summed E-state index contributed by atoms with van der Waals surface area (Å²) in [6.45, 7) is 4.11. The second kappa shape index (κ2) is 7.82. The Balaban J connectivity index is 1.85. The quantitative estimate of drug-likeness (QED) is 0.490. The van der Waals surface area contributed by atoms with Crippen LogP contribution >= 0.6 is 0 Å². The van der Waals surface area contributed by atoms with E-state index in [1.165, 1.54) is 12.3 Å². The number of benzene rings is 1. The molecule has 2 aromatic heterocycles. The molecule has 2 heterocycles. The Morgan fingerprint density at radius 3 is 2.69 bits per heavy atom. The predicted molar refractivity (Wildman–Crippen MR) is 96.7 cm³/mol. The lowest BCUT2D eigenvalue weighted by atomic mass is 10.1. The number of rotatable bonds is 6. The fourth-order valence-electron chi connectivity index (χ4n) is 2.65. The third-order valence-electron chi connectivity index (χ3n) is 3.79. The number of hydrogen-bond donors (Lipinski definition) is 0. The Labute approximate surface area is 150 Å². The van der Waals surface area contributed by atoms with Crippen LogP contribution in [0.1, 0.15) is 36.2 Å². The van der Waals surface area contributed by atoms with E-state index >= 15 is 0 Å². The van der Waals surface area contributed by atoms with Crippen LogP contribution in [-0.2, 0) is 11.2 Å². The van der Waals surface area contributed by atoms with Gasteiger partial charge in [-0.2, -0.15) is 0 Å². The van der Waals surface area contributed by atoms with Crippen molar-refractivity contribution in [2.75, 3.05) is 6.61 Å². The van der Waals surface area contributed by atoms with Gasteiger partial charge in [0.2, 0.25) is 5.88 Å². The molecule has 0 spiro atoms. The molecule has 0 unspecified atom stereocenters. The highest BCUT2D eigenvalue weighted by atomic mass is 16.5. The van der Waals surface area contributed by atoms with E-state index in [9.17, 15) is 9.59 Å². The zero-order valence-electron chi connectivity index (χ0n) is 14.7. The van der Waals surface area contributed by atoms with Gasteiger partial charge in [0.25, 0.3) is 0 Å². The van der Waals surface area contributed by atoms with Crippen molar-refractivity contribution in [1.82, 2.24) is 4.98 Å². The van der Waals surface area contributed by atoms with Crippen molar-refractivity contribution < 1.29 is 18.7 Å². The molecule has 0 atom stereocenters. The van der Waals surface area contributed by atoms with Crippen LogP contribution in [-0.4, -0.2) is 17.6 Å². The number of aromatic nitrogens is 1. The average Bonchev–Trinajstić information content (AvgIpc) is 2.62. The fourth-order valence-corrected chi connectivity index (χ4v) is 2.65. The van der Waals surface area contributed by atoms with Gasteiger partial charge in [-0.15, -0.1) is 0 Å². The SMILES string of the molecule is CCCc1cc(=O)oc2cc(Oc3ccc(C(=O)OCC)cn3)ccc12. The van der Waals surface area contributed by atoms with E-state index in [2.05, 4.69) is 11.9 Å². The number of fused-ring (bicyclic) bond motifs is 1. The lowest BCUT2D eigenvalue weighted by Crippen LogP contribution is -2.05. The zero-order valence-corrected chi connectivity index (χ0v) is 14.7. The highest BCUT2D eigenvalue weighted by Crippen LogP contribution is 2.26. The molecule has 0 aliphatic carbocycles. The van der Waals surface area contributed by atoms with E-state index in [0.29, 0.717) is 29.4 Å². The van der Waals surface area contributed by atoms with Gasteiger partial charge < -0.3 is 13.9 Å². The van der Waals surface area contributed by atoms with Gasteiger partial charge in [-0.25, -0.2) is 14.6 Å². The summed E-state index contributed by atoms with van der Waals surface area (Å²) in [5.41, 5.74) is 1.41. The largest absolute Gasteiger partial charge is 0.462 e. The van der Waals surface area contributed by atoms with Crippen molar-refractivity contribution in [2.24, 2.45) is 0 Å². The number of esters is 1. The molecule has 0 aliphatic heterocycles. The lowest BCUT2D eigenvalue weighted by molar-refractivity contribution is 0.0526. The highest BCUT2D eigenvalue weighted by Gasteiger charge is 2.09. The van der Waals surface area contributed by atoms with E-state index in [-0.39, 0.29) is 5.63 Å².